The Labute approximate surface area is 69.0 Å². The van der Waals surface area contributed by atoms with Crippen molar-refractivity contribution in [1.82, 2.24) is 13.8 Å². The van der Waals surface area contributed by atoms with Gasteiger partial charge in [-0.05, 0) is 0 Å². The monoisotopic (exact) mass is 251 g/mol. The molecular formula is C4H2IN3S. The second kappa shape index (κ2) is 1.91. The predicted octanol–water partition coefficient (Wildman–Crippen LogP) is 1.40. The van der Waals surface area contributed by atoms with Crippen LogP contribution in [0.25, 0.3) is 4.96 Å². The lowest BCUT2D eigenvalue weighted by molar-refractivity contribution is 1.12. The number of nitrogens with zero attached hydrogens (tertiary/aromatic N) is 3. The summed E-state index contributed by atoms with van der Waals surface area (Å²) in [5.41, 5.74) is 0. The van der Waals surface area contributed by atoms with E-state index in [1.165, 1.54) is 11.5 Å². The molecule has 2 aromatic rings. The summed E-state index contributed by atoms with van der Waals surface area (Å²) in [4.78, 5) is 5.01. The molecule has 46 valence electrons. The number of imidazole rings is 1. The van der Waals surface area contributed by atoms with Gasteiger partial charge in [-0.15, -0.1) is 0 Å². The average Bonchev–Trinajstić information content (AvgIpc) is 2.35. The van der Waals surface area contributed by atoms with Gasteiger partial charge in [0.05, 0.1) is 0 Å². The van der Waals surface area contributed by atoms with Crippen LogP contribution in [0.15, 0.2) is 12.4 Å². The number of hydrogen-bond donors (Lipinski definition) is 0. The molecule has 3 nitrogen and oxygen atoms in total. The van der Waals surface area contributed by atoms with E-state index in [4.69, 9.17) is 0 Å². The van der Waals surface area contributed by atoms with Crippen LogP contribution in [0.1, 0.15) is 0 Å². The average molecular weight is 251 g/mol. The predicted molar refractivity (Wildman–Crippen MR) is 43.6 cm³/mol. The minimum Gasteiger partial charge on any atom is -0.269 e. The Morgan fingerprint density at radius 1 is 1.67 bits per heavy atom. The minimum atomic E-state index is 0.958. The maximum Gasteiger partial charge on any atom is 0.213 e. The van der Waals surface area contributed by atoms with Crippen LogP contribution in [-0.4, -0.2) is 13.8 Å². The van der Waals surface area contributed by atoms with Gasteiger partial charge in [0, 0.05) is 46.5 Å². The van der Waals surface area contributed by atoms with Crippen LogP contribution in [0, 0.1) is 3.83 Å². The maximum atomic E-state index is 4.08. The molecule has 0 aromatic carbocycles. The van der Waals surface area contributed by atoms with Crippen molar-refractivity contribution in [1.29, 1.82) is 0 Å². The van der Waals surface area contributed by atoms with Crippen molar-refractivity contribution in [2.45, 2.75) is 0 Å². The number of rotatable bonds is 0. The van der Waals surface area contributed by atoms with Crippen molar-refractivity contribution in [3.05, 3.63) is 16.2 Å². The largest absolute Gasteiger partial charge is 0.269 e. The highest BCUT2D eigenvalue weighted by atomic mass is 127. The molecule has 0 unspecified atom stereocenters. The number of hydrogen-bond acceptors (Lipinski definition) is 3. The van der Waals surface area contributed by atoms with Gasteiger partial charge in [-0.2, -0.15) is 4.37 Å². The fraction of sp³-hybridized carbons (Fsp3) is 0. The molecular weight excluding hydrogens is 249 g/mol. The highest BCUT2D eigenvalue weighted by Gasteiger charge is 1.99. The van der Waals surface area contributed by atoms with Crippen molar-refractivity contribution in [3.8, 4) is 0 Å². The summed E-state index contributed by atoms with van der Waals surface area (Å²) in [5, 5.41) is 0. The minimum absolute atomic E-state index is 0.958. The quantitative estimate of drug-likeness (QED) is 0.662. The topological polar surface area (TPSA) is 30.2 Å². The molecule has 0 saturated carbocycles. The van der Waals surface area contributed by atoms with Crippen molar-refractivity contribution >= 4 is 39.1 Å². The van der Waals surface area contributed by atoms with Crippen LogP contribution in [0.5, 0.6) is 0 Å². The lowest BCUT2D eigenvalue weighted by atomic mass is 10.9. The summed E-state index contributed by atoms with van der Waals surface area (Å²) in [6.45, 7) is 0. The molecule has 2 rings (SSSR count). The molecule has 5 heteroatoms. The van der Waals surface area contributed by atoms with Gasteiger partial charge < -0.3 is 0 Å². The van der Waals surface area contributed by atoms with E-state index >= 15 is 0 Å². The van der Waals surface area contributed by atoms with Crippen molar-refractivity contribution in [2.75, 3.05) is 0 Å². The zero-order valence-corrected chi connectivity index (χ0v) is 7.26. The molecule has 0 amide bonds. The lowest BCUT2D eigenvalue weighted by Gasteiger charge is -1.77. The summed E-state index contributed by atoms with van der Waals surface area (Å²) in [6.07, 6.45) is 3.68. The third-order valence-electron chi connectivity index (χ3n) is 1.01. The van der Waals surface area contributed by atoms with E-state index in [1.807, 2.05) is 10.6 Å². The number of aromatic nitrogens is 3. The third-order valence-corrected chi connectivity index (χ3v) is 2.83. The first-order valence-electron chi connectivity index (χ1n) is 2.32. The molecule has 0 bridgehead atoms. The maximum absolute atomic E-state index is 4.08. The molecule has 9 heavy (non-hydrogen) atoms. The molecule has 0 aliphatic rings. The first-order chi connectivity index (χ1) is 4.38. The van der Waals surface area contributed by atoms with Crippen LogP contribution >= 0.6 is 34.1 Å². The Kier molecular flexibility index (Phi) is 1.19. The van der Waals surface area contributed by atoms with Crippen molar-refractivity contribution in [2.24, 2.45) is 0 Å². The van der Waals surface area contributed by atoms with Gasteiger partial charge in [0.25, 0.3) is 0 Å². The normalized spacial score (nSPS) is 10.8. The van der Waals surface area contributed by atoms with Crippen LogP contribution in [0.4, 0.5) is 0 Å². The number of halogens is 1. The van der Waals surface area contributed by atoms with Gasteiger partial charge in [0.1, 0.15) is 0 Å². The van der Waals surface area contributed by atoms with Crippen molar-refractivity contribution < 1.29 is 0 Å². The van der Waals surface area contributed by atoms with E-state index in [-0.39, 0.29) is 0 Å². The van der Waals surface area contributed by atoms with Crippen LogP contribution in [0.2, 0.25) is 0 Å². The zero-order valence-electron chi connectivity index (χ0n) is 4.28. The number of fused-ring (bicyclic) bond motifs is 1. The van der Waals surface area contributed by atoms with E-state index in [2.05, 4.69) is 31.9 Å². The van der Waals surface area contributed by atoms with E-state index < -0.39 is 0 Å². The molecule has 0 atom stereocenters. The van der Waals surface area contributed by atoms with Gasteiger partial charge in [-0.25, -0.2) is 4.98 Å². The Bertz CT molecular complexity index is 325. The molecule has 0 N–H and O–H groups in total. The molecule has 2 aromatic heterocycles. The van der Waals surface area contributed by atoms with Gasteiger partial charge >= 0.3 is 0 Å². The van der Waals surface area contributed by atoms with E-state index in [0.717, 1.165) is 8.79 Å². The Morgan fingerprint density at radius 3 is 3.33 bits per heavy atom. The van der Waals surface area contributed by atoms with Crippen LogP contribution in [0.3, 0.4) is 0 Å². The van der Waals surface area contributed by atoms with E-state index in [9.17, 15) is 0 Å². The summed E-state index contributed by atoms with van der Waals surface area (Å²) < 4.78 is 7.01. The molecule has 2 heterocycles. The highest BCUT2D eigenvalue weighted by molar-refractivity contribution is 14.1. The molecule has 0 fully saturated rings. The standard InChI is InChI=1S/C4H2IN3S/c5-3-7-9-4-6-1-2-8(3)4/h1-2H. The molecule has 0 spiro atoms. The summed E-state index contributed by atoms with van der Waals surface area (Å²) in [7, 11) is 0. The fourth-order valence-corrected chi connectivity index (χ4v) is 2.06. The summed E-state index contributed by atoms with van der Waals surface area (Å²) in [5.74, 6) is 0. The third kappa shape index (κ3) is 0.751. The van der Waals surface area contributed by atoms with Gasteiger partial charge in [-0.1, -0.05) is 0 Å². The van der Waals surface area contributed by atoms with Gasteiger partial charge in [0.2, 0.25) is 4.96 Å². The fourth-order valence-electron chi connectivity index (χ4n) is 0.620. The zero-order chi connectivity index (χ0) is 6.27. The first-order valence-corrected chi connectivity index (χ1v) is 4.17. The molecule has 0 aliphatic carbocycles. The van der Waals surface area contributed by atoms with Crippen LogP contribution < -0.4 is 0 Å². The van der Waals surface area contributed by atoms with Gasteiger partial charge in [0.15, 0.2) is 3.83 Å². The van der Waals surface area contributed by atoms with E-state index in [1.54, 1.807) is 6.20 Å². The summed E-state index contributed by atoms with van der Waals surface area (Å²) in [6, 6.07) is 0. The smallest absolute Gasteiger partial charge is 0.213 e. The summed E-state index contributed by atoms with van der Waals surface area (Å²) >= 11 is 3.59. The second-order valence-corrected chi connectivity index (χ2v) is 3.23. The lowest BCUT2D eigenvalue weighted by Crippen LogP contribution is -1.79. The Hall–Kier alpha value is -0.170. The van der Waals surface area contributed by atoms with Gasteiger partial charge in [-0.3, -0.25) is 4.40 Å². The van der Waals surface area contributed by atoms with Crippen molar-refractivity contribution in [3.63, 3.8) is 0 Å². The molecule has 0 aliphatic heterocycles. The first kappa shape index (κ1) is 5.60. The Morgan fingerprint density at radius 2 is 2.56 bits per heavy atom. The van der Waals surface area contributed by atoms with Crippen LogP contribution in [-0.2, 0) is 0 Å². The Balaban J connectivity index is 2.99. The SMILES string of the molecule is Ic1nsc2nccn12. The second-order valence-electron chi connectivity index (χ2n) is 1.53. The van der Waals surface area contributed by atoms with E-state index in [0.29, 0.717) is 0 Å². The highest BCUT2D eigenvalue weighted by Crippen LogP contribution is 2.10. The molecule has 0 radical (unpaired) electrons. The molecule has 0 saturated heterocycles.